The zero-order valence-electron chi connectivity index (χ0n) is 13.8. The Labute approximate surface area is 136 Å². The highest BCUT2D eigenvalue weighted by Gasteiger charge is 2.24. The highest BCUT2D eigenvalue weighted by Crippen LogP contribution is 2.24. The predicted molar refractivity (Wildman–Crippen MR) is 91.9 cm³/mol. The maximum atomic E-state index is 12.9. The first-order valence-corrected chi connectivity index (χ1v) is 8.07. The first kappa shape index (κ1) is 15.5. The van der Waals surface area contributed by atoms with Crippen molar-refractivity contribution in [3.05, 3.63) is 47.3 Å². The molecule has 1 aromatic carbocycles. The van der Waals surface area contributed by atoms with E-state index in [1.54, 1.807) is 11.0 Å². The van der Waals surface area contributed by atoms with Gasteiger partial charge in [0.2, 0.25) is 5.95 Å². The van der Waals surface area contributed by atoms with Crippen LogP contribution in [0.25, 0.3) is 0 Å². The minimum absolute atomic E-state index is 0.0950. The summed E-state index contributed by atoms with van der Waals surface area (Å²) in [5.74, 6) is 0.457. The van der Waals surface area contributed by atoms with Crippen LogP contribution in [0.2, 0.25) is 0 Å². The summed E-state index contributed by atoms with van der Waals surface area (Å²) in [5, 5.41) is 3.26. The van der Waals surface area contributed by atoms with E-state index in [2.05, 4.69) is 15.3 Å². The molecule has 120 valence electrons. The third kappa shape index (κ3) is 3.67. The lowest BCUT2D eigenvalue weighted by Crippen LogP contribution is -2.31. The van der Waals surface area contributed by atoms with Gasteiger partial charge in [0.1, 0.15) is 5.69 Å². The fraction of sp³-hybridized carbons (Fsp3) is 0.389. The van der Waals surface area contributed by atoms with Crippen LogP contribution in [0.1, 0.15) is 41.5 Å². The number of anilines is 2. The zero-order valence-corrected chi connectivity index (χ0v) is 13.8. The van der Waals surface area contributed by atoms with E-state index in [4.69, 9.17) is 0 Å². The highest BCUT2D eigenvalue weighted by atomic mass is 16.2. The summed E-state index contributed by atoms with van der Waals surface area (Å²) >= 11 is 0. The monoisotopic (exact) mass is 310 g/mol. The highest BCUT2D eigenvalue weighted by molar-refractivity contribution is 6.05. The van der Waals surface area contributed by atoms with E-state index < -0.39 is 0 Å². The Kier molecular flexibility index (Phi) is 4.28. The van der Waals surface area contributed by atoms with E-state index in [-0.39, 0.29) is 5.91 Å². The summed E-state index contributed by atoms with van der Waals surface area (Å²) in [4.78, 5) is 23.4. The molecule has 1 heterocycles. The zero-order chi connectivity index (χ0) is 16.4. The molecule has 0 aliphatic heterocycles. The van der Waals surface area contributed by atoms with Gasteiger partial charge in [0.15, 0.2) is 0 Å². The summed E-state index contributed by atoms with van der Waals surface area (Å²) in [5.41, 5.74) is 3.25. The molecule has 1 aromatic heterocycles. The second-order valence-corrected chi connectivity index (χ2v) is 6.03. The van der Waals surface area contributed by atoms with Gasteiger partial charge in [-0.25, -0.2) is 9.97 Å². The number of hydrogen-bond acceptors (Lipinski definition) is 4. The second kappa shape index (κ2) is 6.36. The second-order valence-electron chi connectivity index (χ2n) is 6.03. The lowest BCUT2D eigenvalue weighted by Gasteiger charge is -2.21. The van der Waals surface area contributed by atoms with Gasteiger partial charge in [0.05, 0.1) is 0 Å². The Balaban J connectivity index is 1.89. The largest absolute Gasteiger partial charge is 0.351 e. The van der Waals surface area contributed by atoms with Crippen LogP contribution in [0.15, 0.2) is 30.3 Å². The van der Waals surface area contributed by atoms with E-state index >= 15 is 0 Å². The van der Waals surface area contributed by atoms with Crippen LogP contribution in [0.3, 0.4) is 0 Å². The minimum Gasteiger partial charge on any atom is -0.351 e. The topological polar surface area (TPSA) is 58.1 Å². The molecule has 1 amide bonds. The molecule has 1 fully saturated rings. The molecular weight excluding hydrogens is 288 g/mol. The maximum Gasteiger partial charge on any atom is 0.277 e. The van der Waals surface area contributed by atoms with Crippen molar-refractivity contribution in [1.82, 2.24) is 9.97 Å². The number of nitrogens with one attached hydrogen (secondary N) is 1. The molecule has 0 unspecified atom stereocenters. The van der Waals surface area contributed by atoms with Crippen LogP contribution < -0.4 is 10.2 Å². The fourth-order valence-electron chi connectivity index (χ4n) is 2.53. The smallest absolute Gasteiger partial charge is 0.277 e. The molecule has 0 radical (unpaired) electrons. The molecule has 5 heteroatoms. The van der Waals surface area contributed by atoms with Gasteiger partial charge in [-0.15, -0.1) is 0 Å². The van der Waals surface area contributed by atoms with Crippen LogP contribution in [0.4, 0.5) is 11.6 Å². The molecule has 0 bridgehead atoms. The average Bonchev–Trinajstić information content (AvgIpc) is 3.31. The third-order valence-corrected chi connectivity index (χ3v) is 3.86. The number of rotatable bonds is 5. The summed E-state index contributed by atoms with van der Waals surface area (Å²) in [6.45, 7) is 6.47. The van der Waals surface area contributed by atoms with Gasteiger partial charge in [-0.05, 0) is 57.4 Å². The number of aromatic nitrogens is 2. The molecule has 0 spiro atoms. The number of amides is 1. The SMILES string of the molecule is CCN(C(=O)c1cc(C)nc(NC2CC2)n1)c1cccc(C)c1. The van der Waals surface area contributed by atoms with Crippen molar-refractivity contribution < 1.29 is 4.79 Å². The Bertz CT molecular complexity index is 725. The quantitative estimate of drug-likeness (QED) is 0.920. The van der Waals surface area contributed by atoms with Crippen molar-refractivity contribution >= 4 is 17.5 Å². The van der Waals surface area contributed by atoms with Crippen molar-refractivity contribution in [2.45, 2.75) is 39.7 Å². The number of aryl methyl sites for hydroxylation is 2. The Morgan fingerprint density at radius 2 is 2.04 bits per heavy atom. The van der Waals surface area contributed by atoms with Crippen molar-refractivity contribution in [1.29, 1.82) is 0 Å². The molecule has 3 rings (SSSR count). The van der Waals surface area contributed by atoms with Gasteiger partial charge in [-0.2, -0.15) is 0 Å². The van der Waals surface area contributed by atoms with E-state index in [1.165, 1.54) is 0 Å². The van der Waals surface area contributed by atoms with E-state index in [9.17, 15) is 4.79 Å². The van der Waals surface area contributed by atoms with Crippen molar-refractivity contribution in [3.8, 4) is 0 Å². The lowest BCUT2D eigenvalue weighted by atomic mass is 10.2. The maximum absolute atomic E-state index is 12.9. The predicted octanol–water partition coefficient (Wildman–Crippen LogP) is 3.33. The average molecular weight is 310 g/mol. The standard InChI is InChI=1S/C18H22N4O/c1-4-22(15-7-5-6-12(2)10-15)17(23)16-11-13(3)19-18(21-16)20-14-8-9-14/h5-7,10-11,14H,4,8-9H2,1-3H3,(H,19,20,21). The molecule has 23 heavy (non-hydrogen) atoms. The van der Waals surface area contributed by atoms with Crippen LogP contribution in [0.5, 0.6) is 0 Å². The molecule has 5 nitrogen and oxygen atoms in total. The summed E-state index contributed by atoms with van der Waals surface area (Å²) < 4.78 is 0. The van der Waals surface area contributed by atoms with E-state index in [0.717, 1.165) is 29.8 Å². The lowest BCUT2D eigenvalue weighted by molar-refractivity contribution is 0.0983. The summed E-state index contributed by atoms with van der Waals surface area (Å²) in [6, 6.07) is 10.2. The molecule has 2 aromatic rings. The fourth-order valence-corrected chi connectivity index (χ4v) is 2.53. The van der Waals surface area contributed by atoms with Crippen molar-refractivity contribution in [2.75, 3.05) is 16.8 Å². The number of hydrogen-bond donors (Lipinski definition) is 1. The van der Waals surface area contributed by atoms with Crippen LogP contribution in [0, 0.1) is 13.8 Å². The van der Waals surface area contributed by atoms with Gasteiger partial charge < -0.3 is 10.2 Å². The van der Waals surface area contributed by atoms with Crippen LogP contribution in [-0.2, 0) is 0 Å². The number of carbonyl (C=O) groups excluding carboxylic acids is 1. The molecular formula is C18H22N4O. The van der Waals surface area contributed by atoms with Crippen molar-refractivity contribution in [2.24, 2.45) is 0 Å². The van der Waals surface area contributed by atoms with Gasteiger partial charge in [0.25, 0.3) is 5.91 Å². The molecule has 1 N–H and O–H groups in total. The normalized spacial score (nSPS) is 13.7. The van der Waals surface area contributed by atoms with Gasteiger partial charge >= 0.3 is 0 Å². The number of nitrogens with zero attached hydrogens (tertiary/aromatic N) is 3. The Morgan fingerprint density at radius 3 is 2.70 bits per heavy atom. The summed E-state index contributed by atoms with van der Waals surface area (Å²) in [6.07, 6.45) is 2.29. The van der Waals surface area contributed by atoms with E-state index in [1.807, 2.05) is 45.0 Å². The Hall–Kier alpha value is -2.43. The molecule has 1 aliphatic rings. The van der Waals surface area contributed by atoms with Crippen LogP contribution >= 0.6 is 0 Å². The molecule has 1 aliphatic carbocycles. The molecule has 1 saturated carbocycles. The Morgan fingerprint density at radius 1 is 1.26 bits per heavy atom. The molecule has 0 saturated heterocycles. The number of carbonyl (C=O) groups is 1. The minimum atomic E-state index is -0.0950. The van der Waals surface area contributed by atoms with Gasteiger partial charge in [-0.1, -0.05) is 12.1 Å². The van der Waals surface area contributed by atoms with Crippen molar-refractivity contribution in [3.63, 3.8) is 0 Å². The summed E-state index contributed by atoms with van der Waals surface area (Å²) in [7, 11) is 0. The van der Waals surface area contributed by atoms with E-state index in [0.29, 0.717) is 24.2 Å². The van der Waals surface area contributed by atoms with Gasteiger partial charge in [-0.3, -0.25) is 4.79 Å². The first-order chi connectivity index (χ1) is 11.1. The van der Waals surface area contributed by atoms with Crippen LogP contribution in [-0.4, -0.2) is 28.5 Å². The first-order valence-electron chi connectivity index (χ1n) is 8.07. The third-order valence-electron chi connectivity index (χ3n) is 3.86. The number of benzene rings is 1. The van der Waals surface area contributed by atoms with Gasteiger partial charge in [0, 0.05) is 24.0 Å². The molecule has 0 atom stereocenters.